The lowest BCUT2D eigenvalue weighted by Crippen LogP contribution is -2.57. The number of carbonyl (C=O) groups excluding carboxylic acids is 1. The number of carbonyl (C=O) groups is 1. The highest BCUT2D eigenvalue weighted by Gasteiger charge is 2.42. The Kier molecular flexibility index (Phi) is 3.32. The van der Waals surface area contributed by atoms with Gasteiger partial charge in [-0.1, -0.05) is 0 Å². The number of amides is 1. The van der Waals surface area contributed by atoms with Crippen molar-refractivity contribution < 1.29 is 9.53 Å². The molecule has 0 aromatic carbocycles. The quantitative estimate of drug-likeness (QED) is 0.768. The number of rotatable bonds is 5. The number of nitrogens with one attached hydrogen (secondary N) is 1. The van der Waals surface area contributed by atoms with Gasteiger partial charge in [0.25, 0.3) is 0 Å². The van der Waals surface area contributed by atoms with E-state index in [2.05, 4.69) is 5.32 Å². The molecule has 2 aliphatic carbocycles. The molecule has 1 saturated heterocycles. The Morgan fingerprint density at radius 2 is 1.78 bits per heavy atom. The molecule has 1 amide bonds. The number of hydrogen-bond acceptors (Lipinski definition) is 3. The molecule has 102 valence electrons. The molecule has 0 aromatic rings. The second-order valence-electron chi connectivity index (χ2n) is 6.32. The predicted molar refractivity (Wildman–Crippen MR) is 68.9 cm³/mol. The van der Waals surface area contributed by atoms with Gasteiger partial charge >= 0.3 is 0 Å². The number of hydrogen-bond donors (Lipinski definition) is 2. The van der Waals surface area contributed by atoms with Gasteiger partial charge in [-0.25, -0.2) is 0 Å². The zero-order chi connectivity index (χ0) is 12.6. The molecule has 0 bridgehead atoms. The first-order valence-corrected chi connectivity index (χ1v) is 7.34. The van der Waals surface area contributed by atoms with Gasteiger partial charge in [-0.15, -0.1) is 0 Å². The Balaban J connectivity index is 1.50. The van der Waals surface area contributed by atoms with Gasteiger partial charge in [0.05, 0.1) is 5.54 Å². The second-order valence-corrected chi connectivity index (χ2v) is 6.32. The van der Waals surface area contributed by atoms with Crippen LogP contribution < -0.4 is 11.1 Å². The lowest BCUT2D eigenvalue weighted by Gasteiger charge is -2.32. The van der Waals surface area contributed by atoms with E-state index in [1.165, 1.54) is 25.7 Å². The fourth-order valence-corrected chi connectivity index (χ4v) is 3.12. The maximum atomic E-state index is 12.2. The molecule has 0 radical (unpaired) electrons. The summed E-state index contributed by atoms with van der Waals surface area (Å²) in [6.45, 7) is 2.06. The van der Waals surface area contributed by atoms with Crippen molar-refractivity contribution in [2.45, 2.75) is 44.1 Å². The minimum atomic E-state index is -0.685. The summed E-state index contributed by atoms with van der Waals surface area (Å²) < 4.78 is 5.28. The minimum Gasteiger partial charge on any atom is -0.381 e. The van der Waals surface area contributed by atoms with Crippen LogP contribution in [0.25, 0.3) is 0 Å². The zero-order valence-electron chi connectivity index (χ0n) is 11.0. The summed E-state index contributed by atoms with van der Waals surface area (Å²) in [4.78, 5) is 12.2. The van der Waals surface area contributed by atoms with Crippen LogP contribution in [0.1, 0.15) is 38.5 Å². The summed E-state index contributed by atoms with van der Waals surface area (Å²) in [6, 6.07) is 0. The summed E-state index contributed by atoms with van der Waals surface area (Å²) in [6.07, 6.45) is 6.74. The van der Waals surface area contributed by atoms with Crippen LogP contribution in [0.4, 0.5) is 0 Å². The summed E-state index contributed by atoms with van der Waals surface area (Å²) >= 11 is 0. The highest BCUT2D eigenvalue weighted by atomic mass is 16.5. The van der Waals surface area contributed by atoms with Crippen LogP contribution in [-0.2, 0) is 9.53 Å². The van der Waals surface area contributed by atoms with Gasteiger partial charge in [-0.05, 0) is 56.3 Å². The molecule has 4 heteroatoms. The van der Waals surface area contributed by atoms with E-state index in [9.17, 15) is 4.79 Å². The van der Waals surface area contributed by atoms with E-state index < -0.39 is 5.54 Å². The van der Waals surface area contributed by atoms with Gasteiger partial charge in [0.15, 0.2) is 0 Å². The summed E-state index contributed by atoms with van der Waals surface area (Å²) in [5, 5.41) is 3.12. The van der Waals surface area contributed by atoms with E-state index in [1.807, 2.05) is 0 Å². The Bertz CT molecular complexity index is 306. The molecule has 3 aliphatic rings. The van der Waals surface area contributed by atoms with Gasteiger partial charge in [-0.3, -0.25) is 4.79 Å². The van der Waals surface area contributed by atoms with E-state index in [1.54, 1.807) is 0 Å². The Labute approximate surface area is 109 Å². The van der Waals surface area contributed by atoms with Crippen molar-refractivity contribution in [1.82, 2.24) is 5.32 Å². The third kappa shape index (κ3) is 2.69. The van der Waals surface area contributed by atoms with Crippen molar-refractivity contribution in [3.8, 4) is 0 Å². The summed E-state index contributed by atoms with van der Waals surface area (Å²) in [5.41, 5.74) is 5.50. The fourth-order valence-electron chi connectivity index (χ4n) is 3.12. The molecule has 1 aliphatic heterocycles. The van der Waals surface area contributed by atoms with Crippen LogP contribution in [0.2, 0.25) is 0 Å². The number of nitrogens with two attached hydrogens (primary N) is 1. The Hall–Kier alpha value is -0.610. The molecule has 18 heavy (non-hydrogen) atoms. The van der Waals surface area contributed by atoms with Gasteiger partial charge in [0.2, 0.25) is 5.91 Å². The summed E-state index contributed by atoms with van der Waals surface area (Å²) in [7, 11) is 0. The molecule has 0 atom stereocenters. The SMILES string of the molecule is NC1(C(=O)NCC(C2CC2)C2CC2)CCOCC1. The third-order valence-corrected chi connectivity index (χ3v) is 4.79. The van der Waals surface area contributed by atoms with Crippen LogP contribution in [-0.4, -0.2) is 31.2 Å². The topological polar surface area (TPSA) is 64.4 Å². The van der Waals surface area contributed by atoms with Crippen molar-refractivity contribution in [2.24, 2.45) is 23.5 Å². The Morgan fingerprint density at radius 1 is 1.22 bits per heavy atom. The van der Waals surface area contributed by atoms with Crippen molar-refractivity contribution >= 4 is 5.91 Å². The van der Waals surface area contributed by atoms with Crippen LogP contribution in [0.15, 0.2) is 0 Å². The molecule has 0 aromatic heterocycles. The normalized spacial score (nSPS) is 27.2. The van der Waals surface area contributed by atoms with E-state index in [0.717, 1.165) is 24.3 Å². The third-order valence-electron chi connectivity index (χ3n) is 4.79. The molecule has 1 heterocycles. The fraction of sp³-hybridized carbons (Fsp3) is 0.929. The van der Waals surface area contributed by atoms with Crippen molar-refractivity contribution in [3.05, 3.63) is 0 Å². The van der Waals surface area contributed by atoms with Crippen molar-refractivity contribution in [3.63, 3.8) is 0 Å². The average molecular weight is 252 g/mol. The molecule has 3 rings (SSSR count). The van der Waals surface area contributed by atoms with Crippen molar-refractivity contribution in [2.75, 3.05) is 19.8 Å². The van der Waals surface area contributed by atoms with E-state index in [-0.39, 0.29) is 5.91 Å². The van der Waals surface area contributed by atoms with Crippen LogP contribution >= 0.6 is 0 Å². The molecular weight excluding hydrogens is 228 g/mol. The smallest absolute Gasteiger partial charge is 0.240 e. The molecule has 0 unspecified atom stereocenters. The second kappa shape index (κ2) is 4.82. The van der Waals surface area contributed by atoms with E-state index in [4.69, 9.17) is 10.5 Å². The maximum absolute atomic E-state index is 12.2. The monoisotopic (exact) mass is 252 g/mol. The standard InChI is InChI=1S/C14H24N2O2/c15-14(5-7-18-8-6-14)13(17)16-9-12(10-1-2-10)11-3-4-11/h10-12H,1-9,15H2,(H,16,17). The lowest BCUT2D eigenvalue weighted by molar-refractivity contribution is -0.130. The van der Waals surface area contributed by atoms with Gasteiger partial charge in [0.1, 0.15) is 0 Å². The van der Waals surface area contributed by atoms with Crippen LogP contribution in [0, 0.1) is 17.8 Å². The Morgan fingerprint density at radius 3 is 2.28 bits per heavy atom. The first-order chi connectivity index (χ1) is 8.69. The molecule has 4 nitrogen and oxygen atoms in total. The molecule has 3 fully saturated rings. The molecule has 2 saturated carbocycles. The minimum absolute atomic E-state index is 0.0390. The summed E-state index contributed by atoms with van der Waals surface area (Å²) in [5.74, 6) is 2.51. The molecule has 0 spiro atoms. The van der Waals surface area contributed by atoms with Gasteiger partial charge in [-0.2, -0.15) is 0 Å². The van der Waals surface area contributed by atoms with Gasteiger partial charge in [0, 0.05) is 19.8 Å². The largest absolute Gasteiger partial charge is 0.381 e. The number of ether oxygens (including phenoxy) is 1. The highest BCUT2D eigenvalue weighted by molar-refractivity contribution is 5.86. The van der Waals surface area contributed by atoms with Gasteiger partial charge < -0.3 is 15.8 Å². The van der Waals surface area contributed by atoms with E-state index >= 15 is 0 Å². The van der Waals surface area contributed by atoms with E-state index in [0.29, 0.717) is 26.1 Å². The lowest BCUT2D eigenvalue weighted by atomic mass is 9.89. The predicted octanol–water partition coefficient (Wildman–Crippen LogP) is 1.05. The van der Waals surface area contributed by atoms with Crippen LogP contribution in [0.5, 0.6) is 0 Å². The van der Waals surface area contributed by atoms with Crippen LogP contribution in [0.3, 0.4) is 0 Å². The zero-order valence-corrected chi connectivity index (χ0v) is 11.0. The molecular formula is C14H24N2O2. The van der Waals surface area contributed by atoms with Crippen molar-refractivity contribution in [1.29, 1.82) is 0 Å². The maximum Gasteiger partial charge on any atom is 0.240 e. The average Bonchev–Trinajstić information content (AvgIpc) is 3.24. The first kappa shape index (κ1) is 12.4. The first-order valence-electron chi connectivity index (χ1n) is 7.34. The highest BCUT2D eigenvalue weighted by Crippen LogP contribution is 2.48. The molecule has 3 N–H and O–H groups in total.